The molecule has 7 heteroatoms. The smallest absolute Gasteiger partial charge is 0.350 e. The number of ether oxygens (including phenoxy) is 2. The standard InChI is InChI=1S/C18H23N3O3S/c1-4-13-16(17(22)24-3)25-18(19-13)21-11-9-20(10-12-21)14-7-5-6-8-15(14)23-2/h5-8H,4,9-12H2,1-3H3. The first-order valence-corrected chi connectivity index (χ1v) is 9.20. The molecule has 3 rings (SSSR count). The summed E-state index contributed by atoms with van der Waals surface area (Å²) in [5.74, 6) is 0.597. The van der Waals surface area contributed by atoms with E-state index in [0.717, 1.165) is 54.9 Å². The van der Waals surface area contributed by atoms with Gasteiger partial charge in [0.05, 0.1) is 25.6 Å². The summed E-state index contributed by atoms with van der Waals surface area (Å²) in [5.41, 5.74) is 1.94. The molecule has 0 N–H and O–H groups in total. The minimum atomic E-state index is -0.298. The van der Waals surface area contributed by atoms with Gasteiger partial charge >= 0.3 is 5.97 Å². The number of aryl methyl sites for hydroxylation is 1. The first-order valence-electron chi connectivity index (χ1n) is 8.38. The second-order valence-corrected chi connectivity index (χ2v) is 6.74. The van der Waals surface area contributed by atoms with Gasteiger partial charge in [0.15, 0.2) is 5.13 Å². The number of para-hydroxylation sites is 2. The van der Waals surface area contributed by atoms with E-state index >= 15 is 0 Å². The highest BCUT2D eigenvalue weighted by molar-refractivity contribution is 7.17. The quantitative estimate of drug-likeness (QED) is 0.764. The van der Waals surface area contributed by atoms with E-state index in [1.807, 2.05) is 25.1 Å². The molecule has 0 amide bonds. The number of carbonyl (C=O) groups is 1. The van der Waals surface area contributed by atoms with Crippen LogP contribution in [0.1, 0.15) is 22.3 Å². The molecule has 1 saturated heterocycles. The number of esters is 1. The summed E-state index contributed by atoms with van der Waals surface area (Å²) in [4.78, 5) is 21.7. The van der Waals surface area contributed by atoms with Crippen LogP contribution in [0.5, 0.6) is 5.75 Å². The summed E-state index contributed by atoms with van der Waals surface area (Å²) in [6.45, 7) is 5.49. The molecule has 1 aliphatic rings. The molecule has 0 bridgehead atoms. The summed E-state index contributed by atoms with van der Waals surface area (Å²) in [7, 11) is 3.11. The van der Waals surface area contributed by atoms with Crippen molar-refractivity contribution in [2.24, 2.45) is 0 Å². The van der Waals surface area contributed by atoms with Crippen molar-refractivity contribution in [1.82, 2.24) is 4.98 Å². The average Bonchev–Trinajstić information content (AvgIpc) is 3.12. The monoisotopic (exact) mass is 361 g/mol. The van der Waals surface area contributed by atoms with Crippen molar-refractivity contribution in [2.45, 2.75) is 13.3 Å². The number of methoxy groups -OCH3 is 2. The molecule has 0 spiro atoms. The van der Waals surface area contributed by atoms with E-state index in [-0.39, 0.29) is 5.97 Å². The zero-order valence-electron chi connectivity index (χ0n) is 14.8. The van der Waals surface area contributed by atoms with Gasteiger partial charge in [-0.1, -0.05) is 30.4 Å². The Bertz CT molecular complexity index is 739. The van der Waals surface area contributed by atoms with Crippen LogP contribution in [0.3, 0.4) is 0 Å². The molecule has 25 heavy (non-hydrogen) atoms. The lowest BCUT2D eigenvalue weighted by atomic mass is 10.2. The summed E-state index contributed by atoms with van der Waals surface area (Å²) < 4.78 is 10.3. The van der Waals surface area contributed by atoms with Crippen molar-refractivity contribution in [3.8, 4) is 5.75 Å². The van der Waals surface area contributed by atoms with Crippen molar-refractivity contribution < 1.29 is 14.3 Å². The first kappa shape index (κ1) is 17.5. The Hall–Kier alpha value is -2.28. The Morgan fingerprint density at radius 2 is 1.84 bits per heavy atom. The van der Waals surface area contributed by atoms with Crippen LogP contribution < -0.4 is 14.5 Å². The van der Waals surface area contributed by atoms with Gasteiger partial charge in [0.25, 0.3) is 0 Å². The number of hydrogen-bond donors (Lipinski definition) is 0. The Morgan fingerprint density at radius 1 is 1.16 bits per heavy atom. The third kappa shape index (κ3) is 3.56. The summed E-state index contributed by atoms with van der Waals surface area (Å²) >= 11 is 1.43. The third-order valence-electron chi connectivity index (χ3n) is 4.37. The molecule has 6 nitrogen and oxygen atoms in total. The van der Waals surface area contributed by atoms with Gasteiger partial charge in [0.1, 0.15) is 10.6 Å². The van der Waals surface area contributed by atoms with Crippen molar-refractivity contribution in [2.75, 3.05) is 50.2 Å². The molecule has 0 radical (unpaired) electrons. The number of aromatic nitrogens is 1. The Kier molecular flexibility index (Phi) is 5.43. The number of nitrogens with zero attached hydrogens (tertiary/aromatic N) is 3. The molecule has 0 unspecified atom stereocenters. The zero-order chi connectivity index (χ0) is 17.8. The number of carbonyl (C=O) groups excluding carboxylic acids is 1. The van der Waals surface area contributed by atoms with E-state index in [9.17, 15) is 4.79 Å². The van der Waals surface area contributed by atoms with E-state index in [1.165, 1.54) is 18.4 Å². The predicted molar refractivity (Wildman–Crippen MR) is 100 cm³/mol. The molecule has 1 fully saturated rings. The highest BCUT2D eigenvalue weighted by Gasteiger charge is 2.24. The molecule has 0 saturated carbocycles. The minimum Gasteiger partial charge on any atom is -0.495 e. The summed E-state index contributed by atoms with van der Waals surface area (Å²) in [6.07, 6.45) is 0.724. The van der Waals surface area contributed by atoms with E-state index in [0.29, 0.717) is 4.88 Å². The second-order valence-electron chi connectivity index (χ2n) is 5.76. The highest BCUT2D eigenvalue weighted by Crippen LogP contribution is 2.31. The molecule has 0 aliphatic carbocycles. The Labute approximate surface area is 152 Å². The van der Waals surface area contributed by atoms with Gasteiger partial charge in [-0.05, 0) is 18.6 Å². The Balaban J connectivity index is 1.72. The fraction of sp³-hybridized carbons (Fsp3) is 0.444. The van der Waals surface area contributed by atoms with Crippen LogP contribution in [-0.2, 0) is 11.2 Å². The fourth-order valence-corrected chi connectivity index (χ4v) is 4.12. The second kappa shape index (κ2) is 7.74. The SMILES string of the molecule is CCc1nc(N2CCN(c3ccccc3OC)CC2)sc1C(=O)OC. The molecule has 2 heterocycles. The van der Waals surface area contributed by atoms with Crippen LogP contribution in [0.2, 0.25) is 0 Å². The van der Waals surface area contributed by atoms with Gasteiger partial charge in [-0.25, -0.2) is 9.78 Å². The predicted octanol–water partition coefficient (Wildman–Crippen LogP) is 2.83. The van der Waals surface area contributed by atoms with Crippen LogP contribution in [0, 0.1) is 0 Å². The van der Waals surface area contributed by atoms with Crippen LogP contribution in [0.25, 0.3) is 0 Å². The maximum Gasteiger partial charge on any atom is 0.350 e. The molecule has 2 aromatic rings. The lowest BCUT2D eigenvalue weighted by Gasteiger charge is -2.36. The largest absolute Gasteiger partial charge is 0.495 e. The number of benzene rings is 1. The molecule has 134 valence electrons. The van der Waals surface area contributed by atoms with E-state index in [2.05, 4.69) is 20.9 Å². The average molecular weight is 361 g/mol. The van der Waals surface area contributed by atoms with Gasteiger partial charge in [-0.3, -0.25) is 0 Å². The van der Waals surface area contributed by atoms with Gasteiger partial charge in [0.2, 0.25) is 0 Å². The minimum absolute atomic E-state index is 0.298. The topological polar surface area (TPSA) is 54.9 Å². The molecule has 1 aromatic carbocycles. The van der Waals surface area contributed by atoms with Crippen molar-refractivity contribution in [3.63, 3.8) is 0 Å². The van der Waals surface area contributed by atoms with E-state index in [4.69, 9.17) is 9.47 Å². The number of piperazine rings is 1. The van der Waals surface area contributed by atoms with Crippen LogP contribution >= 0.6 is 11.3 Å². The molecular weight excluding hydrogens is 338 g/mol. The van der Waals surface area contributed by atoms with Crippen molar-refractivity contribution >= 4 is 28.1 Å². The first-order chi connectivity index (χ1) is 12.2. The number of thiazole rings is 1. The molecule has 1 aliphatic heterocycles. The normalized spacial score (nSPS) is 14.5. The Morgan fingerprint density at radius 3 is 2.48 bits per heavy atom. The maximum atomic E-state index is 11.9. The number of hydrogen-bond acceptors (Lipinski definition) is 7. The third-order valence-corrected chi connectivity index (χ3v) is 5.51. The van der Waals surface area contributed by atoms with Gasteiger partial charge < -0.3 is 19.3 Å². The van der Waals surface area contributed by atoms with Crippen LogP contribution in [0.15, 0.2) is 24.3 Å². The summed E-state index contributed by atoms with van der Waals surface area (Å²) in [6, 6.07) is 8.08. The highest BCUT2D eigenvalue weighted by atomic mass is 32.1. The van der Waals surface area contributed by atoms with Gasteiger partial charge in [-0.15, -0.1) is 0 Å². The maximum absolute atomic E-state index is 11.9. The molecule has 0 atom stereocenters. The zero-order valence-corrected chi connectivity index (χ0v) is 15.6. The summed E-state index contributed by atoms with van der Waals surface area (Å²) in [5, 5.41) is 0.900. The number of rotatable bonds is 5. The number of anilines is 2. The van der Waals surface area contributed by atoms with Gasteiger partial charge in [0, 0.05) is 26.2 Å². The van der Waals surface area contributed by atoms with Crippen LogP contribution in [0.4, 0.5) is 10.8 Å². The van der Waals surface area contributed by atoms with Crippen molar-refractivity contribution in [3.05, 3.63) is 34.8 Å². The molecule has 1 aromatic heterocycles. The van der Waals surface area contributed by atoms with E-state index < -0.39 is 0 Å². The van der Waals surface area contributed by atoms with E-state index in [1.54, 1.807) is 7.11 Å². The lowest BCUT2D eigenvalue weighted by molar-refractivity contribution is 0.0605. The van der Waals surface area contributed by atoms with Crippen LogP contribution in [-0.4, -0.2) is 51.4 Å². The lowest BCUT2D eigenvalue weighted by Crippen LogP contribution is -2.46. The fourth-order valence-electron chi connectivity index (χ4n) is 3.00. The van der Waals surface area contributed by atoms with Crippen molar-refractivity contribution in [1.29, 1.82) is 0 Å². The van der Waals surface area contributed by atoms with Gasteiger partial charge in [-0.2, -0.15) is 0 Å². The molecular formula is C18H23N3O3S.